The molecule has 2 rings (SSSR count). The second-order valence-electron chi connectivity index (χ2n) is 5.98. The van der Waals surface area contributed by atoms with Gasteiger partial charge in [0.2, 0.25) is 15.7 Å². The Morgan fingerprint density at radius 1 is 1.21 bits per heavy atom. The Bertz CT molecular complexity index is 921. The fraction of sp³-hybridized carbons (Fsp3) is 0.438. The number of aliphatic imine (C=N–C) groups is 1. The summed E-state index contributed by atoms with van der Waals surface area (Å²) >= 11 is 0. The summed E-state index contributed by atoms with van der Waals surface area (Å²) in [6, 6.07) is 0. The highest BCUT2D eigenvalue weighted by molar-refractivity contribution is 7.88. The number of anilines is 1. The number of nitrogen functional groups attached to an aromatic ring is 1. The summed E-state index contributed by atoms with van der Waals surface area (Å²) in [6.45, 7) is 0.383. The van der Waals surface area contributed by atoms with Gasteiger partial charge in [-0.3, -0.25) is 4.72 Å². The number of rotatable bonds is 9. The molecule has 0 unspecified atom stereocenters. The topological polar surface area (TPSA) is 166 Å². The molecule has 154 valence electrons. The van der Waals surface area contributed by atoms with E-state index in [1.165, 1.54) is 10.9 Å². The molecule has 1 aromatic rings. The molecule has 0 amide bonds. The van der Waals surface area contributed by atoms with Gasteiger partial charge in [0.25, 0.3) is 0 Å². The second-order valence-corrected chi connectivity index (χ2v) is 7.73. The summed E-state index contributed by atoms with van der Waals surface area (Å²) in [5, 5.41) is 31.5. The molecule has 12 heteroatoms. The Kier molecular flexibility index (Phi) is 7.45. The smallest absolute Gasteiger partial charge is 0.229 e. The first-order valence-electron chi connectivity index (χ1n) is 8.51. The number of aliphatic hydroxyl groups excluding tert-OH is 3. The van der Waals surface area contributed by atoms with Crippen molar-refractivity contribution in [3.8, 4) is 0 Å². The van der Waals surface area contributed by atoms with Crippen LogP contribution in [0.15, 0.2) is 35.1 Å². The number of allylic oxidation sites excluding steroid dienone is 3. The van der Waals surface area contributed by atoms with Crippen molar-refractivity contribution in [2.45, 2.75) is 6.54 Å². The van der Waals surface area contributed by atoms with Gasteiger partial charge in [-0.15, -0.1) is 0 Å². The summed E-state index contributed by atoms with van der Waals surface area (Å²) < 4.78 is 29.1. The number of nitrogens with one attached hydrogen (secondary N) is 1. The number of sulfonamides is 1. The Balaban J connectivity index is 2.49. The van der Waals surface area contributed by atoms with Gasteiger partial charge in [-0.05, 0) is 6.08 Å². The van der Waals surface area contributed by atoms with Gasteiger partial charge >= 0.3 is 0 Å². The zero-order valence-corrected chi connectivity index (χ0v) is 16.3. The third-order valence-corrected chi connectivity index (χ3v) is 4.38. The number of hydrogen-bond acceptors (Lipinski definition) is 8. The zero-order chi connectivity index (χ0) is 20.7. The van der Waals surface area contributed by atoms with Gasteiger partial charge in [-0.25, -0.2) is 22.7 Å². The van der Waals surface area contributed by atoms with Crippen LogP contribution in [0.25, 0.3) is 0 Å². The quantitative estimate of drug-likeness (QED) is 0.230. The molecule has 1 aliphatic rings. The molecule has 1 heterocycles. The Morgan fingerprint density at radius 3 is 2.46 bits per heavy atom. The van der Waals surface area contributed by atoms with Crippen LogP contribution < -0.4 is 10.5 Å². The third kappa shape index (κ3) is 5.73. The lowest BCUT2D eigenvalue weighted by molar-refractivity contribution is -0.530. The predicted octanol–water partition coefficient (Wildman–Crippen LogP) is -2.03. The molecule has 0 bridgehead atoms. The maximum Gasteiger partial charge on any atom is 0.229 e. The SMILES string of the molecule is CS(=O)(=O)NC1=CC(=[N+](CCO)CCO)C=CC1=Nc1cnn(CCO)c1N. The van der Waals surface area contributed by atoms with E-state index in [4.69, 9.17) is 10.8 Å². The molecule has 0 atom stereocenters. The van der Waals surface area contributed by atoms with Crippen molar-refractivity contribution < 1.29 is 28.3 Å². The summed E-state index contributed by atoms with van der Waals surface area (Å²) in [7, 11) is -3.58. The van der Waals surface area contributed by atoms with E-state index < -0.39 is 10.0 Å². The van der Waals surface area contributed by atoms with Crippen molar-refractivity contribution in [1.29, 1.82) is 0 Å². The van der Waals surface area contributed by atoms with E-state index in [1.807, 2.05) is 0 Å². The standard InChI is InChI=1S/C16H24N6O5S/c1-28(26,27)20-14-10-12(21(4-7-23)5-8-24)2-3-13(14)19-15-11-18-22(6-9-25)16(15)17/h2-3,10-11,23-25H,4-9H2,1H3,(H2,17,18,20)/p+1. The molecule has 1 aliphatic carbocycles. The second kappa shape index (κ2) is 9.59. The number of aromatic nitrogens is 2. The van der Waals surface area contributed by atoms with Crippen LogP contribution in [0.5, 0.6) is 0 Å². The van der Waals surface area contributed by atoms with E-state index in [0.717, 1.165) is 6.26 Å². The summed E-state index contributed by atoms with van der Waals surface area (Å²) in [5.74, 6) is 0.241. The van der Waals surface area contributed by atoms with E-state index in [-0.39, 0.29) is 51.0 Å². The number of aliphatic hydroxyl groups is 3. The maximum atomic E-state index is 11.8. The monoisotopic (exact) mass is 413 g/mol. The molecule has 1 aromatic heterocycles. The van der Waals surface area contributed by atoms with Crippen molar-refractivity contribution in [3.05, 3.63) is 30.1 Å². The van der Waals surface area contributed by atoms with Gasteiger partial charge in [0.05, 0.1) is 37.0 Å². The molecule has 0 fully saturated rings. The first kappa shape index (κ1) is 21.8. The van der Waals surface area contributed by atoms with Gasteiger partial charge in [-0.2, -0.15) is 5.10 Å². The Morgan fingerprint density at radius 2 is 1.89 bits per heavy atom. The molecule has 6 N–H and O–H groups in total. The highest BCUT2D eigenvalue weighted by Crippen LogP contribution is 2.23. The molecule has 0 spiro atoms. The van der Waals surface area contributed by atoms with E-state index in [0.29, 0.717) is 17.1 Å². The number of nitrogens with two attached hydrogens (primary N) is 1. The van der Waals surface area contributed by atoms with E-state index in [9.17, 15) is 18.6 Å². The first-order chi connectivity index (χ1) is 13.3. The lowest BCUT2D eigenvalue weighted by atomic mass is 10.1. The molecule has 0 saturated heterocycles. The zero-order valence-electron chi connectivity index (χ0n) is 15.5. The summed E-state index contributed by atoms with van der Waals surface area (Å²) in [4.78, 5) is 4.39. The van der Waals surface area contributed by atoms with Gasteiger partial charge in [-0.1, -0.05) is 0 Å². The van der Waals surface area contributed by atoms with Crippen molar-refractivity contribution in [1.82, 2.24) is 14.5 Å². The van der Waals surface area contributed by atoms with Gasteiger partial charge < -0.3 is 21.1 Å². The van der Waals surface area contributed by atoms with Gasteiger partial charge in [0.15, 0.2) is 13.1 Å². The highest BCUT2D eigenvalue weighted by Gasteiger charge is 2.20. The largest absolute Gasteiger partial charge is 0.394 e. The molecule has 11 nitrogen and oxygen atoms in total. The average molecular weight is 413 g/mol. The van der Waals surface area contributed by atoms with Crippen LogP contribution in [0.4, 0.5) is 11.5 Å². The van der Waals surface area contributed by atoms with Crippen LogP contribution >= 0.6 is 0 Å². The number of nitrogens with zero attached hydrogens (tertiary/aromatic N) is 4. The van der Waals surface area contributed by atoms with Crippen LogP contribution in [-0.2, 0) is 16.6 Å². The highest BCUT2D eigenvalue weighted by atomic mass is 32.2. The normalized spacial score (nSPS) is 15.8. The van der Waals surface area contributed by atoms with Crippen LogP contribution in [0.3, 0.4) is 0 Å². The van der Waals surface area contributed by atoms with Gasteiger partial charge in [0, 0.05) is 12.2 Å². The minimum Gasteiger partial charge on any atom is -0.394 e. The Labute approximate surface area is 162 Å². The first-order valence-corrected chi connectivity index (χ1v) is 10.4. The van der Waals surface area contributed by atoms with Crippen LogP contribution in [0.1, 0.15) is 0 Å². The lowest BCUT2D eigenvalue weighted by Crippen LogP contribution is -2.31. The molecule has 0 radical (unpaired) electrons. The van der Waals surface area contributed by atoms with Crippen molar-refractivity contribution in [2.24, 2.45) is 4.99 Å². The lowest BCUT2D eigenvalue weighted by Gasteiger charge is -2.14. The van der Waals surface area contributed by atoms with Crippen LogP contribution in [0, 0.1) is 0 Å². The molecule has 0 saturated carbocycles. The molecular weight excluding hydrogens is 388 g/mol. The van der Waals surface area contributed by atoms with E-state index in [2.05, 4.69) is 14.8 Å². The Hall–Kier alpha value is -2.54. The fourth-order valence-corrected chi connectivity index (χ4v) is 3.15. The van der Waals surface area contributed by atoms with Crippen molar-refractivity contribution in [3.63, 3.8) is 0 Å². The minimum atomic E-state index is -3.58. The van der Waals surface area contributed by atoms with E-state index in [1.54, 1.807) is 22.8 Å². The summed E-state index contributed by atoms with van der Waals surface area (Å²) in [5.41, 5.74) is 7.44. The van der Waals surface area contributed by atoms with E-state index >= 15 is 0 Å². The van der Waals surface area contributed by atoms with Gasteiger partial charge in [0.1, 0.15) is 24.7 Å². The number of hydrogen-bond donors (Lipinski definition) is 5. The molecule has 28 heavy (non-hydrogen) atoms. The van der Waals surface area contributed by atoms with Crippen molar-refractivity contribution >= 4 is 33.0 Å². The van der Waals surface area contributed by atoms with Crippen molar-refractivity contribution in [2.75, 3.05) is 44.9 Å². The molecular formula is C16H25N6O5S+. The molecule has 0 aliphatic heterocycles. The van der Waals surface area contributed by atoms with Crippen LogP contribution in [-0.4, -0.2) is 88.7 Å². The molecule has 0 aromatic carbocycles. The third-order valence-electron chi connectivity index (χ3n) is 3.79. The maximum absolute atomic E-state index is 11.8. The summed E-state index contributed by atoms with van der Waals surface area (Å²) in [6.07, 6.45) is 7.32. The predicted molar refractivity (Wildman–Crippen MR) is 105 cm³/mol. The minimum absolute atomic E-state index is 0.123. The van der Waals surface area contributed by atoms with Crippen LogP contribution in [0.2, 0.25) is 0 Å². The fourth-order valence-electron chi connectivity index (χ4n) is 2.58. The average Bonchev–Trinajstić information content (AvgIpc) is 2.95.